The summed E-state index contributed by atoms with van der Waals surface area (Å²) in [4.78, 5) is 20.4. The van der Waals surface area contributed by atoms with Crippen molar-refractivity contribution in [2.75, 3.05) is 0 Å². The molecule has 2 heterocycles. The van der Waals surface area contributed by atoms with Crippen molar-refractivity contribution in [1.82, 2.24) is 14.5 Å². The Bertz CT molecular complexity index is 1180. The third kappa shape index (κ3) is 2.75. The van der Waals surface area contributed by atoms with Gasteiger partial charge in [-0.25, -0.2) is 9.97 Å². The molecule has 0 aliphatic rings. The average molecular weight is 360 g/mol. The molecule has 7 heteroatoms. The molecule has 0 aliphatic heterocycles. The summed E-state index contributed by atoms with van der Waals surface area (Å²) in [7, 11) is 0. The maximum Gasteiger partial charge on any atom is 0.248 e. The summed E-state index contributed by atoms with van der Waals surface area (Å²) in [6.45, 7) is 1.74. The first-order valence-corrected chi connectivity index (χ1v) is 8.22. The number of rotatable bonds is 3. The molecule has 0 saturated carbocycles. The highest BCUT2D eigenvalue weighted by atomic mass is 16.3. The molecule has 27 heavy (non-hydrogen) atoms. The number of pyridine rings is 1. The zero-order chi connectivity index (χ0) is 19.1. The van der Waals surface area contributed by atoms with E-state index in [1.165, 1.54) is 6.07 Å². The van der Waals surface area contributed by atoms with Gasteiger partial charge in [0.15, 0.2) is 11.5 Å². The monoisotopic (exact) mass is 360 g/mol. The van der Waals surface area contributed by atoms with Crippen LogP contribution in [-0.2, 0) is 0 Å². The molecule has 7 nitrogen and oxygen atoms in total. The second-order valence-electron chi connectivity index (χ2n) is 6.18. The second-order valence-corrected chi connectivity index (χ2v) is 6.18. The van der Waals surface area contributed by atoms with Gasteiger partial charge in [-0.05, 0) is 55.0 Å². The maximum atomic E-state index is 11.3. The van der Waals surface area contributed by atoms with Crippen molar-refractivity contribution in [3.8, 4) is 28.6 Å². The van der Waals surface area contributed by atoms with Crippen molar-refractivity contribution in [2.24, 2.45) is 5.73 Å². The molecule has 0 saturated heterocycles. The third-order valence-electron chi connectivity index (χ3n) is 4.38. The zero-order valence-electron chi connectivity index (χ0n) is 14.4. The Balaban J connectivity index is 2.01. The molecule has 2 aromatic carbocycles. The molecule has 4 aromatic rings. The van der Waals surface area contributed by atoms with E-state index in [2.05, 4.69) is 9.97 Å². The molecule has 0 unspecified atom stereocenters. The standard InChI is InChI=1S/C20H16N4O3/c1-11-9-14(17(26)10-16(11)25)19-23-15-3-2-8-22-20(15)24(19)13-6-4-12(5-7-13)18(21)27/h2-10,25-26H,1H3,(H2,21,27). The van der Waals surface area contributed by atoms with Crippen LogP contribution in [0.4, 0.5) is 0 Å². The Morgan fingerprint density at radius 1 is 1.07 bits per heavy atom. The van der Waals surface area contributed by atoms with Gasteiger partial charge in [-0.15, -0.1) is 0 Å². The van der Waals surface area contributed by atoms with Gasteiger partial charge in [-0.3, -0.25) is 9.36 Å². The number of benzene rings is 2. The average Bonchev–Trinajstić information content (AvgIpc) is 3.04. The largest absolute Gasteiger partial charge is 0.508 e. The second kappa shape index (κ2) is 6.14. The van der Waals surface area contributed by atoms with Crippen molar-refractivity contribution in [3.63, 3.8) is 0 Å². The number of hydrogen-bond acceptors (Lipinski definition) is 5. The number of imidazole rings is 1. The molecule has 4 N–H and O–H groups in total. The number of hydrogen-bond donors (Lipinski definition) is 3. The predicted molar refractivity (Wildman–Crippen MR) is 101 cm³/mol. The summed E-state index contributed by atoms with van der Waals surface area (Å²) in [5.41, 5.74) is 8.74. The third-order valence-corrected chi connectivity index (χ3v) is 4.38. The number of fused-ring (bicyclic) bond motifs is 1. The Morgan fingerprint density at radius 2 is 1.81 bits per heavy atom. The molecular formula is C20H16N4O3. The van der Waals surface area contributed by atoms with Gasteiger partial charge >= 0.3 is 0 Å². The van der Waals surface area contributed by atoms with Crippen LogP contribution < -0.4 is 5.73 Å². The molecular weight excluding hydrogens is 344 g/mol. The van der Waals surface area contributed by atoms with E-state index < -0.39 is 5.91 Å². The number of nitrogens with two attached hydrogens (primary N) is 1. The van der Waals surface area contributed by atoms with Crippen LogP contribution in [0.5, 0.6) is 11.5 Å². The minimum atomic E-state index is -0.512. The van der Waals surface area contributed by atoms with E-state index in [0.717, 1.165) is 0 Å². The Labute approximate surface area is 154 Å². The topological polar surface area (TPSA) is 114 Å². The first kappa shape index (κ1) is 16.6. The number of phenolic OH excluding ortho intramolecular Hbond substituents is 2. The van der Waals surface area contributed by atoms with Crippen LogP contribution >= 0.6 is 0 Å². The van der Waals surface area contributed by atoms with Crippen LogP contribution in [0.25, 0.3) is 28.2 Å². The molecule has 0 radical (unpaired) electrons. The fourth-order valence-electron chi connectivity index (χ4n) is 2.98. The normalized spacial score (nSPS) is 11.0. The number of carbonyl (C=O) groups is 1. The van der Waals surface area contributed by atoms with Gasteiger partial charge in [-0.2, -0.15) is 0 Å². The van der Waals surface area contributed by atoms with Crippen molar-refractivity contribution < 1.29 is 15.0 Å². The van der Waals surface area contributed by atoms with Crippen LogP contribution in [0.2, 0.25) is 0 Å². The van der Waals surface area contributed by atoms with E-state index in [0.29, 0.717) is 39.4 Å². The molecule has 0 aliphatic carbocycles. The van der Waals surface area contributed by atoms with Crippen molar-refractivity contribution in [2.45, 2.75) is 6.92 Å². The van der Waals surface area contributed by atoms with Gasteiger partial charge in [0.2, 0.25) is 5.91 Å². The number of aromatic hydroxyl groups is 2. The summed E-state index contributed by atoms with van der Waals surface area (Å²) in [5.74, 6) is -0.135. The molecule has 0 spiro atoms. The van der Waals surface area contributed by atoms with Gasteiger partial charge in [-0.1, -0.05) is 0 Å². The van der Waals surface area contributed by atoms with Crippen molar-refractivity contribution in [1.29, 1.82) is 0 Å². The van der Waals surface area contributed by atoms with Gasteiger partial charge in [0, 0.05) is 23.5 Å². The summed E-state index contributed by atoms with van der Waals surface area (Å²) in [6, 6.07) is 13.3. The van der Waals surface area contributed by atoms with E-state index in [1.807, 2.05) is 6.07 Å². The maximum absolute atomic E-state index is 11.3. The number of aryl methyl sites for hydroxylation is 1. The Kier molecular flexibility index (Phi) is 3.77. The predicted octanol–water partition coefficient (Wildman–Crippen LogP) is 2.91. The number of aromatic nitrogens is 3. The first-order chi connectivity index (χ1) is 13.0. The lowest BCUT2D eigenvalue weighted by molar-refractivity contribution is 0.100. The summed E-state index contributed by atoms with van der Waals surface area (Å²) in [5, 5.41) is 20.2. The van der Waals surface area contributed by atoms with Gasteiger partial charge < -0.3 is 15.9 Å². The molecule has 134 valence electrons. The Hall–Kier alpha value is -3.87. The summed E-state index contributed by atoms with van der Waals surface area (Å²) < 4.78 is 1.78. The minimum absolute atomic E-state index is 0.00264. The number of primary amides is 1. The number of nitrogens with zero attached hydrogens (tertiary/aromatic N) is 3. The lowest BCUT2D eigenvalue weighted by Gasteiger charge is -2.11. The van der Waals surface area contributed by atoms with Gasteiger partial charge in [0.1, 0.15) is 17.0 Å². The van der Waals surface area contributed by atoms with Crippen LogP contribution in [-0.4, -0.2) is 30.7 Å². The molecule has 1 amide bonds. The van der Waals surface area contributed by atoms with Crippen LogP contribution in [0, 0.1) is 6.92 Å². The smallest absolute Gasteiger partial charge is 0.248 e. The number of carbonyl (C=O) groups excluding carboxylic acids is 1. The lowest BCUT2D eigenvalue weighted by atomic mass is 10.1. The van der Waals surface area contributed by atoms with Crippen LogP contribution in [0.15, 0.2) is 54.7 Å². The molecule has 2 aromatic heterocycles. The molecule has 0 atom stereocenters. The highest BCUT2D eigenvalue weighted by molar-refractivity contribution is 5.93. The van der Waals surface area contributed by atoms with Gasteiger partial charge in [0.05, 0.1) is 5.56 Å². The van der Waals surface area contributed by atoms with E-state index in [1.54, 1.807) is 54.1 Å². The number of amides is 1. The first-order valence-electron chi connectivity index (χ1n) is 8.22. The quantitative estimate of drug-likeness (QED) is 0.520. The van der Waals surface area contributed by atoms with E-state index >= 15 is 0 Å². The summed E-state index contributed by atoms with van der Waals surface area (Å²) >= 11 is 0. The fraction of sp³-hybridized carbons (Fsp3) is 0.0500. The van der Waals surface area contributed by atoms with Crippen LogP contribution in [0.1, 0.15) is 15.9 Å². The lowest BCUT2D eigenvalue weighted by Crippen LogP contribution is -2.10. The van der Waals surface area contributed by atoms with Crippen molar-refractivity contribution >= 4 is 17.1 Å². The molecule has 4 rings (SSSR count). The van der Waals surface area contributed by atoms with E-state index in [9.17, 15) is 15.0 Å². The zero-order valence-corrected chi connectivity index (χ0v) is 14.4. The van der Waals surface area contributed by atoms with E-state index in [-0.39, 0.29) is 11.5 Å². The Morgan fingerprint density at radius 3 is 2.52 bits per heavy atom. The van der Waals surface area contributed by atoms with E-state index in [4.69, 9.17) is 5.73 Å². The van der Waals surface area contributed by atoms with Gasteiger partial charge in [0.25, 0.3) is 0 Å². The summed E-state index contributed by atoms with van der Waals surface area (Å²) in [6.07, 6.45) is 1.66. The highest BCUT2D eigenvalue weighted by Crippen LogP contribution is 2.36. The van der Waals surface area contributed by atoms with Crippen LogP contribution in [0.3, 0.4) is 0 Å². The fourth-order valence-corrected chi connectivity index (χ4v) is 2.98. The molecule has 0 bridgehead atoms. The minimum Gasteiger partial charge on any atom is -0.508 e. The molecule has 0 fully saturated rings. The number of phenols is 2. The highest BCUT2D eigenvalue weighted by Gasteiger charge is 2.19. The van der Waals surface area contributed by atoms with Crippen molar-refractivity contribution in [3.05, 3.63) is 65.9 Å². The SMILES string of the molecule is Cc1cc(-c2nc3cccnc3n2-c2ccc(C(N)=O)cc2)c(O)cc1O.